The Bertz CT molecular complexity index is 1140. The zero-order chi connectivity index (χ0) is 19.7. The highest BCUT2D eigenvalue weighted by atomic mass is 32.2. The zero-order valence-corrected chi connectivity index (χ0v) is 16.0. The van der Waals surface area contributed by atoms with E-state index >= 15 is 0 Å². The Morgan fingerprint density at radius 2 is 2.11 bits per heavy atom. The summed E-state index contributed by atoms with van der Waals surface area (Å²) in [7, 11) is -2.08. The molecule has 0 saturated carbocycles. The predicted molar refractivity (Wildman–Crippen MR) is 104 cm³/mol. The van der Waals surface area contributed by atoms with Gasteiger partial charge in [0.1, 0.15) is 17.6 Å². The molecule has 3 aromatic rings. The van der Waals surface area contributed by atoms with E-state index in [4.69, 9.17) is 4.74 Å². The molecular formula is C19H20N4O4S. The number of hydrogen-bond donors (Lipinski definition) is 3. The summed E-state index contributed by atoms with van der Waals surface area (Å²) in [6, 6.07) is 11.5. The van der Waals surface area contributed by atoms with Crippen molar-refractivity contribution in [3.05, 3.63) is 53.9 Å². The molecule has 0 fully saturated rings. The summed E-state index contributed by atoms with van der Waals surface area (Å²) >= 11 is 0. The van der Waals surface area contributed by atoms with Crippen LogP contribution < -0.4 is 14.8 Å². The van der Waals surface area contributed by atoms with Crippen LogP contribution in [-0.4, -0.2) is 44.0 Å². The van der Waals surface area contributed by atoms with Crippen LogP contribution in [0.15, 0.2) is 47.4 Å². The van der Waals surface area contributed by atoms with Crippen molar-refractivity contribution in [1.82, 2.24) is 20.0 Å². The molecule has 2 aromatic carbocycles. The second-order valence-electron chi connectivity index (χ2n) is 6.59. The van der Waals surface area contributed by atoms with Gasteiger partial charge in [0.05, 0.1) is 23.0 Å². The van der Waals surface area contributed by atoms with Crippen molar-refractivity contribution in [2.24, 2.45) is 0 Å². The fraction of sp³-hybridized carbons (Fsp3) is 0.263. The van der Waals surface area contributed by atoms with Crippen molar-refractivity contribution in [2.45, 2.75) is 23.8 Å². The van der Waals surface area contributed by atoms with Crippen LogP contribution in [0.3, 0.4) is 0 Å². The van der Waals surface area contributed by atoms with Gasteiger partial charge in [-0.15, -0.1) is 0 Å². The second-order valence-corrected chi connectivity index (χ2v) is 8.28. The number of carbonyl (C=O) groups is 1. The first-order valence-corrected chi connectivity index (χ1v) is 10.4. The molecule has 0 unspecified atom stereocenters. The van der Waals surface area contributed by atoms with Crippen molar-refractivity contribution < 1.29 is 17.9 Å². The van der Waals surface area contributed by atoms with E-state index in [2.05, 4.69) is 20.0 Å². The van der Waals surface area contributed by atoms with Gasteiger partial charge in [-0.2, -0.15) is 4.72 Å². The minimum atomic E-state index is -3.68. The number of hydrogen-bond acceptors (Lipinski definition) is 5. The van der Waals surface area contributed by atoms with Crippen molar-refractivity contribution in [1.29, 1.82) is 0 Å². The first kappa shape index (κ1) is 18.5. The molecule has 1 aliphatic heterocycles. The lowest BCUT2D eigenvalue weighted by atomic mass is 10.1. The molecule has 9 heteroatoms. The van der Waals surface area contributed by atoms with E-state index in [0.717, 1.165) is 22.6 Å². The smallest absolute Gasteiger partial charge is 0.241 e. The standard InChI is InChI=1S/C19H20N4O4S/c1-27-13-6-7-14-15(11-13)22-18(21-14)8-9-20-19(24)16-10-12-4-2-3-5-17(12)28(25,26)23-16/h2-7,11,16,23H,8-10H2,1H3,(H,20,24)(H,21,22)/t16-/m0/s1. The summed E-state index contributed by atoms with van der Waals surface area (Å²) in [5, 5.41) is 2.79. The van der Waals surface area contributed by atoms with Gasteiger partial charge in [0.2, 0.25) is 15.9 Å². The van der Waals surface area contributed by atoms with Crippen LogP contribution in [0.2, 0.25) is 0 Å². The monoisotopic (exact) mass is 400 g/mol. The zero-order valence-electron chi connectivity index (χ0n) is 15.2. The molecule has 1 atom stereocenters. The number of benzene rings is 2. The third-order valence-electron chi connectivity index (χ3n) is 4.70. The third-order valence-corrected chi connectivity index (χ3v) is 6.27. The lowest BCUT2D eigenvalue weighted by Crippen LogP contribution is -2.50. The van der Waals surface area contributed by atoms with Gasteiger partial charge < -0.3 is 15.0 Å². The Labute approximate surface area is 162 Å². The number of rotatable bonds is 5. The number of aromatic nitrogens is 2. The van der Waals surface area contributed by atoms with Crippen LogP contribution in [0.1, 0.15) is 11.4 Å². The fourth-order valence-corrected chi connectivity index (χ4v) is 4.75. The molecular weight excluding hydrogens is 380 g/mol. The number of fused-ring (bicyclic) bond motifs is 2. The summed E-state index contributed by atoms with van der Waals surface area (Å²) in [5.41, 5.74) is 2.32. The van der Waals surface area contributed by atoms with Crippen LogP contribution in [0.25, 0.3) is 11.0 Å². The number of H-pyrrole nitrogens is 1. The molecule has 0 spiro atoms. The van der Waals surface area contributed by atoms with Gasteiger partial charge in [0.25, 0.3) is 0 Å². The first-order valence-electron chi connectivity index (χ1n) is 8.87. The molecule has 28 heavy (non-hydrogen) atoms. The lowest BCUT2D eigenvalue weighted by molar-refractivity contribution is -0.122. The number of nitrogens with one attached hydrogen (secondary N) is 3. The van der Waals surface area contributed by atoms with Gasteiger partial charge in [0.15, 0.2) is 0 Å². The normalized spacial score (nSPS) is 17.8. The second kappa shape index (κ2) is 7.25. The van der Waals surface area contributed by atoms with Crippen LogP contribution in [0.5, 0.6) is 5.75 Å². The molecule has 8 nitrogen and oxygen atoms in total. The number of imidazole rings is 1. The topological polar surface area (TPSA) is 113 Å². The summed E-state index contributed by atoms with van der Waals surface area (Å²) in [5.74, 6) is 1.12. The molecule has 146 valence electrons. The number of carbonyl (C=O) groups excluding carboxylic acids is 1. The molecule has 0 radical (unpaired) electrons. The average molecular weight is 400 g/mol. The van der Waals surface area contributed by atoms with E-state index in [0.29, 0.717) is 24.9 Å². The largest absolute Gasteiger partial charge is 0.497 e. The molecule has 0 saturated heterocycles. The quantitative estimate of drug-likeness (QED) is 0.594. The van der Waals surface area contributed by atoms with Gasteiger partial charge in [-0.25, -0.2) is 13.4 Å². The molecule has 1 aromatic heterocycles. The van der Waals surface area contributed by atoms with Crippen molar-refractivity contribution in [3.8, 4) is 5.75 Å². The van der Waals surface area contributed by atoms with E-state index < -0.39 is 16.1 Å². The predicted octanol–water partition coefficient (Wildman–Crippen LogP) is 1.13. The molecule has 3 N–H and O–H groups in total. The van der Waals surface area contributed by atoms with Crippen molar-refractivity contribution in [2.75, 3.05) is 13.7 Å². The van der Waals surface area contributed by atoms with Crippen molar-refractivity contribution >= 4 is 27.0 Å². The minimum absolute atomic E-state index is 0.233. The maximum atomic E-state index is 12.5. The lowest BCUT2D eigenvalue weighted by Gasteiger charge is -2.25. The van der Waals surface area contributed by atoms with Gasteiger partial charge >= 0.3 is 0 Å². The molecule has 1 amide bonds. The summed E-state index contributed by atoms with van der Waals surface area (Å²) < 4.78 is 32.3. The molecule has 1 aliphatic rings. The van der Waals surface area contributed by atoms with Crippen LogP contribution in [0.4, 0.5) is 0 Å². The van der Waals surface area contributed by atoms with Crippen LogP contribution >= 0.6 is 0 Å². The Kier molecular flexibility index (Phi) is 4.78. The Hall–Kier alpha value is -2.91. The summed E-state index contributed by atoms with van der Waals surface area (Å²) in [6.45, 7) is 0.343. The number of nitrogens with zero attached hydrogens (tertiary/aromatic N) is 1. The Morgan fingerprint density at radius 3 is 2.93 bits per heavy atom. The van der Waals surface area contributed by atoms with Gasteiger partial charge in [-0.1, -0.05) is 18.2 Å². The highest BCUT2D eigenvalue weighted by Crippen LogP contribution is 2.22. The van der Waals surface area contributed by atoms with E-state index in [1.54, 1.807) is 31.4 Å². The maximum Gasteiger partial charge on any atom is 0.241 e. The average Bonchev–Trinajstić information content (AvgIpc) is 3.09. The fourth-order valence-electron chi connectivity index (χ4n) is 3.31. The minimum Gasteiger partial charge on any atom is -0.497 e. The first-order chi connectivity index (χ1) is 13.5. The van der Waals surface area contributed by atoms with Crippen molar-refractivity contribution in [3.63, 3.8) is 0 Å². The molecule has 2 heterocycles. The van der Waals surface area contributed by atoms with E-state index in [9.17, 15) is 13.2 Å². The maximum absolute atomic E-state index is 12.5. The number of ether oxygens (including phenoxy) is 1. The SMILES string of the molecule is COc1ccc2nc(CCNC(=O)[C@@H]3Cc4ccccc4S(=O)(=O)N3)[nH]c2c1. The Morgan fingerprint density at radius 1 is 1.29 bits per heavy atom. The van der Waals surface area contributed by atoms with Crippen LogP contribution in [-0.2, 0) is 27.7 Å². The van der Waals surface area contributed by atoms with E-state index in [-0.39, 0.29) is 10.8 Å². The summed E-state index contributed by atoms with van der Waals surface area (Å²) in [4.78, 5) is 20.4. The molecule has 0 bridgehead atoms. The third kappa shape index (κ3) is 3.58. The molecule has 0 aliphatic carbocycles. The van der Waals surface area contributed by atoms with E-state index in [1.165, 1.54) is 0 Å². The number of sulfonamides is 1. The van der Waals surface area contributed by atoms with Gasteiger partial charge in [-0.3, -0.25) is 4.79 Å². The summed E-state index contributed by atoms with van der Waals surface area (Å²) in [6.07, 6.45) is 0.824. The number of methoxy groups -OCH3 is 1. The highest BCUT2D eigenvalue weighted by Gasteiger charge is 2.32. The molecule has 4 rings (SSSR count). The number of aromatic amines is 1. The highest BCUT2D eigenvalue weighted by molar-refractivity contribution is 7.89. The van der Waals surface area contributed by atoms with E-state index in [1.807, 2.05) is 18.2 Å². The Balaban J connectivity index is 1.39. The van der Waals surface area contributed by atoms with Gasteiger partial charge in [-0.05, 0) is 30.2 Å². The van der Waals surface area contributed by atoms with Gasteiger partial charge in [0, 0.05) is 19.0 Å². The number of amides is 1. The van der Waals surface area contributed by atoms with Crippen LogP contribution in [0, 0.1) is 0 Å².